The van der Waals surface area contributed by atoms with Gasteiger partial charge in [0.1, 0.15) is 11.6 Å². The topological polar surface area (TPSA) is 37.3 Å². The van der Waals surface area contributed by atoms with Crippen LogP contribution >= 0.6 is 11.6 Å². The van der Waals surface area contributed by atoms with Gasteiger partial charge in [-0.2, -0.15) is 0 Å². The Labute approximate surface area is 95.8 Å². The van der Waals surface area contributed by atoms with E-state index in [-0.39, 0.29) is 17.0 Å². The van der Waals surface area contributed by atoms with E-state index in [0.29, 0.717) is 12.8 Å². The van der Waals surface area contributed by atoms with E-state index in [1.807, 2.05) is 0 Å². The maximum atomic E-state index is 13.6. The first-order valence-electron chi connectivity index (χ1n) is 4.81. The van der Waals surface area contributed by atoms with Crippen LogP contribution in [0, 0.1) is 11.6 Å². The minimum absolute atomic E-state index is 0.0233. The summed E-state index contributed by atoms with van der Waals surface area (Å²) in [5, 5.41) is 8.69. The molecule has 1 fully saturated rings. The van der Waals surface area contributed by atoms with Gasteiger partial charge in [-0.15, -0.1) is 0 Å². The molecule has 0 amide bonds. The van der Waals surface area contributed by atoms with Crippen molar-refractivity contribution in [1.82, 2.24) is 0 Å². The van der Waals surface area contributed by atoms with Gasteiger partial charge in [-0.1, -0.05) is 11.6 Å². The van der Waals surface area contributed by atoms with Gasteiger partial charge in [0.15, 0.2) is 0 Å². The average Bonchev–Trinajstić information content (AvgIpc) is 2.81. The second-order valence-electron chi connectivity index (χ2n) is 4.10. The molecule has 2 nitrogen and oxygen atoms in total. The van der Waals surface area contributed by atoms with Gasteiger partial charge >= 0.3 is 5.97 Å². The van der Waals surface area contributed by atoms with Crippen molar-refractivity contribution in [2.75, 3.05) is 0 Å². The van der Waals surface area contributed by atoms with Crippen molar-refractivity contribution in [1.29, 1.82) is 0 Å². The van der Waals surface area contributed by atoms with E-state index in [1.54, 1.807) is 0 Å². The summed E-state index contributed by atoms with van der Waals surface area (Å²) >= 11 is 5.50. The second kappa shape index (κ2) is 3.70. The number of carbonyl (C=O) groups is 1. The van der Waals surface area contributed by atoms with Crippen molar-refractivity contribution < 1.29 is 18.7 Å². The van der Waals surface area contributed by atoms with E-state index in [0.717, 1.165) is 12.1 Å². The monoisotopic (exact) mass is 246 g/mol. The van der Waals surface area contributed by atoms with Crippen molar-refractivity contribution in [3.8, 4) is 0 Å². The highest BCUT2D eigenvalue weighted by molar-refractivity contribution is 6.30. The van der Waals surface area contributed by atoms with Crippen molar-refractivity contribution in [2.24, 2.45) is 0 Å². The van der Waals surface area contributed by atoms with Gasteiger partial charge in [-0.05, 0) is 25.0 Å². The third kappa shape index (κ3) is 1.89. The van der Waals surface area contributed by atoms with Crippen LogP contribution in [0.1, 0.15) is 24.8 Å². The normalized spacial score (nSPS) is 17.2. The van der Waals surface area contributed by atoms with Crippen molar-refractivity contribution in [2.45, 2.75) is 24.7 Å². The molecule has 0 radical (unpaired) electrons. The van der Waals surface area contributed by atoms with E-state index in [1.165, 1.54) is 0 Å². The lowest BCUT2D eigenvalue weighted by Gasteiger charge is -2.15. The Bertz CT molecular complexity index is 432. The van der Waals surface area contributed by atoms with Gasteiger partial charge in [0.25, 0.3) is 0 Å². The van der Waals surface area contributed by atoms with Crippen LogP contribution in [0.15, 0.2) is 12.1 Å². The number of rotatable bonds is 3. The molecule has 86 valence electrons. The zero-order chi connectivity index (χ0) is 11.9. The molecule has 1 aliphatic rings. The SMILES string of the molecule is O=C(O)CC1(c2c(F)cc(Cl)cc2F)CC1. The molecular weight excluding hydrogens is 238 g/mol. The minimum atomic E-state index is -1.05. The zero-order valence-corrected chi connectivity index (χ0v) is 9.02. The van der Waals surface area contributed by atoms with Gasteiger partial charge in [-0.25, -0.2) is 8.78 Å². The summed E-state index contributed by atoms with van der Waals surface area (Å²) in [5.41, 5.74) is -1.01. The first-order valence-corrected chi connectivity index (χ1v) is 5.19. The van der Waals surface area contributed by atoms with Gasteiger partial charge in [0.2, 0.25) is 0 Å². The predicted octanol–water partition coefficient (Wildman–Crippen LogP) is 3.12. The Hall–Kier alpha value is -1.16. The van der Waals surface area contributed by atoms with Gasteiger partial charge < -0.3 is 5.11 Å². The van der Waals surface area contributed by atoms with Gasteiger partial charge in [0.05, 0.1) is 6.42 Å². The van der Waals surface area contributed by atoms with E-state index in [4.69, 9.17) is 16.7 Å². The fraction of sp³-hybridized carbons (Fsp3) is 0.364. The number of hydrogen-bond donors (Lipinski definition) is 1. The number of halogens is 3. The molecule has 0 unspecified atom stereocenters. The molecule has 5 heteroatoms. The van der Waals surface area contributed by atoms with Crippen LogP contribution in [0.25, 0.3) is 0 Å². The molecule has 0 bridgehead atoms. The maximum Gasteiger partial charge on any atom is 0.304 e. The van der Waals surface area contributed by atoms with Crippen LogP contribution in [-0.2, 0) is 10.2 Å². The molecule has 0 aromatic heterocycles. The van der Waals surface area contributed by atoms with Crippen LogP contribution in [0.2, 0.25) is 5.02 Å². The first kappa shape index (κ1) is 11.3. The number of carboxylic acids is 1. The lowest BCUT2D eigenvalue weighted by atomic mass is 9.91. The molecule has 0 aliphatic heterocycles. The van der Waals surface area contributed by atoms with Crippen LogP contribution in [0.5, 0.6) is 0 Å². The third-order valence-electron chi connectivity index (χ3n) is 2.88. The lowest BCUT2D eigenvalue weighted by molar-refractivity contribution is -0.137. The molecular formula is C11H9ClF2O2. The number of carboxylic acid groups (broad SMARTS) is 1. The maximum absolute atomic E-state index is 13.6. The molecule has 0 saturated heterocycles. The van der Waals surface area contributed by atoms with Crippen molar-refractivity contribution >= 4 is 17.6 Å². The summed E-state index contributed by atoms with van der Waals surface area (Å²) in [4.78, 5) is 10.6. The van der Waals surface area contributed by atoms with Crippen LogP contribution in [-0.4, -0.2) is 11.1 Å². The standard InChI is InChI=1S/C11H9ClF2O2/c12-6-3-7(13)10(8(14)4-6)11(1-2-11)5-9(15)16/h3-4H,1-2,5H2,(H,15,16). The molecule has 16 heavy (non-hydrogen) atoms. The van der Waals surface area contributed by atoms with E-state index < -0.39 is 23.0 Å². The Morgan fingerprint density at radius 3 is 2.25 bits per heavy atom. The summed E-state index contributed by atoms with van der Waals surface area (Å²) in [5.74, 6) is -2.57. The summed E-state index contributed by atoms with van der Waals surface area (Å²) < 4.78 is 27.2. The highest BCUT2D eigenvalue weighted by Gasteiger charge is 2.49. The summed E-state index contributed by atoms with van der Waals surface area (Å²) in [6, 6.07) is 2.03. The molecule has 1 aromatic carbocycles. The Kier molecular flexibility index (Phi) is 2.62. The quantitative estimate of drug-likeness (QED) is 0.890. The van der Waals surface area contributed by atoms with Crippen molar-refractivity contribution in [3.63, 3.8) is 0 Å². The number of hydrogen-bond acceptors (Lipinski definition) is 1. The van der Waals surface area contributed by atoms with Gasteiger partial charge in [0, 0.05) is 16.0 Å². The summed E-state index contributed by atoms with van der Waals surface area (Å²) in [7, 11) is 0. The van der Waals surface area contributed by atoms with Crippen LogP contribution in [0.4, 0.5) is 8.78 Å². The largest absolute Gasteiger partial charge is 0.481 e. The minimum Gasteiger partial charge on any atom is -0.481 e. The average molecular weight is 247 g/mol. The van der Waals surface area contributed by atoms with E-state index in [9.17, 15) is 13.6 Å². The highest BCUT2D eigenvalue weighted by Crippen LogP contribution is 2.52. The first-order chi connectivity index (χ1) is 7.44. The molecule has 2 rings (SSSR count). The fourth-order valence-electron chi connectivity index (χ4n) is 2.00. The Balaban J connectivity index is 2.44. The Morgan fingerprint density at radius 1 is 1.38 bits per heavy atom. The van der Waals surface area contributed by atoms with E-state index in [2.05, 4.69) is 0 Å². The molecule has 1 aliphatic carbocycles. The molecule has 1 N–H and O–H groups in total. The van der Waals surface area contributed by atoms with Crippen LogP contribution < -0.4 is 0 Å². The zero-order valence-electron chi connectivity index (χ0n) is 8.27. The molecule has 1 aromatic rings. The number of aliphatic carboxylic acids is 1. The summed E-state index contributed by atoms with van der Waals surface area (Å²) in [6.45, 7) is 0. The third-order valence-corrected chi connectivity index (χ3v) is 3.10. The molecule has 0 atom stereocenters. The number of benzene rings is 1. The smallest absolute Gasteiger partial charge is 0.304 e. The second-order valence-corrected chi connectivity index (χ2v) is 4.53. The predicted molar refractivity (Wildman–Crippen MR) is 54.5 cm³/mol. The van der Waals surface area contributed by atoms with E-state index >= 15 is 0 Å². The van der Waals surface area contributed by atoms with Crippen molar-refractivity contribution in [3.05, 3.63) is 34.4 Å². The molecule has 0 heterocycles. The van der Waals surface area contributed by atoms with Crippen LogP contribution in [0.3, 0.4) is 0 Å². The fourth-order valence-corrected chi connectivity index (χ4v) is 2.20. The molecule has 1 saturated carbocycles. The molecule has 0 spiro atoms. The lowest BCUT2D eigenvalue weighted by Crippen LogP contribution is -2.16. The highest BCUT2D eigenvalue weighted by atomic mass is 35.5. The summed E-state index contributed by atoms with van der Waals surface area (Å²) in [6.07, 6.45) is 0.742. The van der Waals surface area contributed by atoms with Gasteiger partial charge in [-0.3, -0.25) is 4.79 Å². The Morgan fingerprint density at radius 2 is 1.88 bits per heavy atom.